The minimum atomic E-state index is -1.50. The highest BCUT2D eigenvalue weighted by Gasteiger charge is 2.39. The number of phenols is 1. The van der Waals surface area contributed by atoms with Crippen LogP contribution in [0.25, 0.3) is 0 Å². The average Bonchev–Trinajstić information content (AvgIpc) is 3.26. The van der Waals surface area contributed by atoms with Gasteiger partial charge >= 0.3 is 5.97 Å². The van der Waals surface area contributed by atoms with Crippen molar-refractivity contribution >= 4 is 29.6 Å². The molecular weight excluding hydrogens is 462 g/mol. The van der Waals surface area contributed by atoms with E-state index in [-0.39, 0.29) is 31.6 Å². The minimum Gasteiger partial charge on any atom is -0.508 e. The Kier molecular flexibility index (Phi) is 9.54. The number of carbonyl (C=O) groups is 5. The molecule has 1 heterocycles. The fraction of sp³-hybridized carbons (Fsp3) is 0.500. The number of aliphatic hydroxyl groups is 1. The molecule has 5 atom stereocenters. The Labute approximate surface area is 201 Å². The highest BCUT2D eigenvalue weighted by atomic mass is 16.4. The van der Waals surface area contributed by atoms with Crippen LogP contribution in [0.15, 0.2) is 24.3 Å². The van der Waals surface area contributed by atoms with Gasteiger partial charge in [0.15, 0.2) is 0 Å². The molecule has 13 heteroatoms. The first-order valence-corrected chi connectivity index (χ1v) is 11.0. The van der Waals surface area contributed by atoms with Crippen molar-refractivity contribution in [2.75, 3.05) is 6.54 Å². The third kappa shape index (κ3) is 7.65. The van der Waals surface area contributed by atoms with E-state index in [2.05, 4.69) is 10.6 Å². The second-order valence-electron chi connectivity index (χ2n) is 8.46. The van der Waals surface area contributed by atoms with Gasteiger partial charge in [0.25, 0.3) is 0 Å². The Morgan fingerprint density at radius 2 is 1.77 bits per heavy atom. The van der Waals surface area contributed by atoms with Crippen molar-refractivity contribution in [2.24, 2.45) is 11.5 Å². The number of carbonyl (C=O) groups excluding carboxylic acids is 4. The lowest BCUT2D eigenvalue weighted by atomic mass is 10.0. The number of hydrogen-bond donors (Lipinski definition) is 7. The van der Waals surface area contributed by atoms with Gasteiger partial charge in [-0.1, -0.05) is 12.1 Å². The van der Waals surface area contributed by atoms with E-state index < -0.39 is 59.9 Å². The summed E-state index contributed by atoms with van der Waals surface area (Å²) in [7, 11) is 0. The number of carboxylic acids is 1. The lowest BCUT2D eigenvalue weighted by Crippen LogP contribution is -2.59. The predicted molar refractivity (Wildman–Crippen MR) is 122 cm³/mol. The molecule has 0 radical (unpaired) electrons. The van der Waals surface area contributed by atoms with Gasteiger partial charge in [0, 0.05) is 13.0 Å². The summed E-state index contributed by atoms with van der Waals surface area (Å²) in [6.07, 6.45) is -1.13. The molecule has 0 aromatic heterocycles. The second kappa shape index (κ2) is 12.1. The number of rotatable bonds is 11. The van der Waals surface area contributed by atoms with Crippen LogP contribution in [0.5, 0.6) is 5.75 Å². The van der Waals surface area contributed by atoms with Crippen molar-refractivity contribution in [3.8, 4) is 5.75 Å². The van der Waals surface area contributed by atoms with Crippen LogP contribution in [-0.4, -0.2) is 86.6 Å². The monoisotopic (exact) mass is 493 g/mol. The largest absolute Gasteiger partial charge is 0.508 e. The molecule has 13 nitrogen and oxygen atoms in total. The third-order valence-corrected chi connectivity index (χ3v) is 5.63. The molecule has 0 unspecified atom stereocenters. The molecule has 0 aliphatic carbocycles. The summed E-state index contributed by atoms with van der Waals surface area (Å²) in [6, 6.07) is 0.677. The van der Waals surface area contributed by atoms with Crippen molar-refractivity contribution in [3.63, 3.8) is 0 Å². The number of nitrogens with two attached hydrogens (primary N) is 2. The molecule has 1 aromatic carbocycles. The van der Waals surface area contributed by atoms with Crippen LogP contribution in [0.1, 0.15) is 31.7 Å². The summed E-state index contributed by atoms with van der Waals surface area (Å²) in [6.45, 7) is 1.46. The Morgan fingerprint density at radius 3 is 2.31 bits per heavy atom. The molecule has 1 aliphatic heterocycles. The number of aliphatic hydroxyl groups excluding tert-OH is 1. The standard InChI is InChI=1S/C22H31N5O8/c1-11(28)18(20(32)25-15(22(34)35)9-12-4-6-13(29)7-5-12)26-19(31)16-3-2-8-27(16)21(33)14(23)10-17(24)30/h4-7,11,14-16,18,28-29H,2-3,8-10,23H2,1H3,(H2,24,30)(H,25,32)(H,26,31)(H,34,35)/t11-,14+,15+,16+,18+/m1/s1. The van der Waals surface area contributed by atoms with Crippen LogP contribution in [0.3, 0.4) is 0 Å². The van der Waals surface area contributed by atoms with Gasteiger partial charge in [-0.25, -0.2) is 4.79 Å². The summed E-state index contributed by atoms with van der Waals surface area (Å²) in [5.74, 6) is -4.40. The zero-order valence-electron chi connectivity index (χ0n) is 19.2. The molecule has 192 valence electrons. The summed E-state index contributed by atoms with van der Waals surface area (Å²) >= 11 is 0. The van der Waals surface area contributed by atoms with Crippen LogP contribution in [-0.2, 0) is 30.4 Å². The molecule has 0 bridgehead atoms. The molecule has 1 aliphatic rings. The van der Waals surface area contributed by atoms with E-state index in [9.17, 15) is 39.3 Å². The molecule has 0 spiro atoms. The van der Waals surface area contributed by atoms with E-state index in [1.165, 1.54) is 36.1 Å². The number of aromatic hydroxyl groups is 1. The lowest BCUT2D eigenvalue weighted by molar-refractivity contribution is -0.144. The van der Waals surface area contributed by atoms with Crippen LogP contribution in [0.2, 0.25) is 0 Å². The SMILES string of the molecule is C[C@@H](O)[C@H](NC(=O)[C@@H]1CCCN1C(=O)[C@@H](N)CC(N)=O)C(=O)N[C@@H](Cc1ccc(O)cc1)C(=O)O. The lowest BCUT2D eigenvalue weighted by Gasteiger charge is -2.29. The van der Waals surface area contributed by atoms with Gasteiger partial charge in [0.05, 0.1) is 18.6 Å². The van der Waals surface area contributed by atoms with E-state index >= 15 is 0 Å². The number of carboxylic acid groups (broad SMARTS) is 1. The fourth-order valence-corrected chi connectivity index (χ4v) is 3.80. The maximum Gasteiger partial charge on any atom is 0.326 e. The van der Waals surface area contributed by atoms with Crippen molar-refractivity contribution in [2.45, 2.75) is 62.9 Å². The van der Waals surface area contributed by atoms with Gasteiger partial charge in [-0.15, -0.1) is 0 Å². The first-order valence-electron chi connectivity index (χ1n) is 11.0. The summed E-state index contributed by atoms with van der Waals surface area (Å²) in [5, 5.41) is 33.7. The van der Waals surface area contributed by atoms with E-state index in [4.69, 9.17) is 11.5 Å². The van der Waals surface area contributed by atoms with Gasteiger partial charge in [-0.05, 0) is 37.5 Å². The molecule has 2 rings (SSSR count). The molecule has 1 saturated heterocycles. The minimum absolute atomic E-state index is 0.00318. The van der Waals surface area contributed by atoms with E-state index in [0.29, 0.717) is 12.0 Å². The smallest absolute Gasteiger partial charge is 0.326 e. The number of benzene rings is 1. The molecule has 4 amide bonds. The summed E-state index contributed by atoms with van der Waals surface area (Å²) in [5.41, 5.74) is 11.3. The second-order valence-corrected chi connectivity index (χ2v) is 8.46. The first kappa shape index (κ1) is 27.5. The zero-order valence-corrected chi connectivity index (χ0v) is 19.2. The Balaban J connectivity index is 2.08. The van der Waals surface area contributed by atoms with Crippen molar-refractivity contribution in [3.05, 3.63) is 29.8 Å². The fourth-order valence-electron chi connectivity index (χ4n) is 3.80. The molecule has 9 N–H and O–H groups in total. The van der Waals surface area contributed by atoms with Crippen molar-refractivity contribution in [1.82, 2.24) is 15.5 Å². The van der Waals surface area contributed by atoms with E-state index in [1.807, 2.05) is 0 Å². The number of likely N-dealkylation sites (tertiary alicyclic amines) is 1. The first-order chi connectivity index (χ1) is 16.4. The Morgan fingerprint density at radius 1 is 1.14 bits per heavy atom. The highest BCUT2D eigenvalue weighted by molar-refractivity contribution is 5.95. The summed E-state index contributed by atoms with van der Waals surface area (Å²) < 4.78 is 0. The van der Waals surface area contributed by atoms with Gasteiger partial charge < -0.3 is 42.3 Å². The van der Waals surface area contributed by atoms with E-state index in [1.54, 1.807) is 0 Å². The molecule has 1 fully saturated rings. The maximum absolute atomic E-state index is 12.9. The topological polar surface area (TPSA) is 225 Å². The van der Waals surface area contributed by atoms with Crippen molar-refractivity contribution in [1.29, 1.82) is 0 Å². The van der Waals surface area contributed by atoms with Crippen LogP contribution < -0.4 is 22.1 Å². The quantitative estimate of drug-likeness (QED) is 0.174. The average molecular weight is 494 g/mol. The number of aliphatic carboxylic acids is 1. The Bertz CT molecular complexity index is 952. The highest BCUT2D eigenvalue weighted by Crippen LogP contribution is 2.19. The van der Waals surface area contributed by atoms with Crippen LogP contribution in [0, 0.1) is 0 Å². The number of nitrogens with one attached hydrogen (secondary N) is 2. The number of nitrogens with zero attached hydrogens (tertiary/aromatic N) is 1. The number of amides is 4. The van der Waals surface area contributed by atoms with Gasteiger partial charge in [0.2, 0.25) is 23.6 Å². The number of phenolic OH excluding ortho intramolecular Hbond substituents is 1. The summed E-state index contributed by atoms with van der Waals surface area (Å²) in [4.78, 5) is 62.2. The van der Waals surface area contributed by atoms with Gasteiger partial charge in [-0.2, -0.15) is 0 Å². The number of primary amides is 1. The maximum atomic E-state index is 12.9. The Hall–Kier alpha value is -3.71. The zero-order chi connectivity index (χ0) is 26.3. The van der Waals surface area contributed by atoms with Gasteiger partial charge in [0.1, 0.15) is 23.9 Å². The van der Waals surface area contributed by atoms with Crippen LogP contribution in [0.4, 0.5) is 0 Å². The molecule has 1 aromatic rings. The van der Waals surface area contributed by atoms with Gasteiger partial charge in [-0.3, -0.25) is 19.2 Å². The predicted octanol–water partition coefficient (Wildman–Crippen LogP) is -2.44. The molecule has 0 saturated carbocycles. The normalized spacial score (nSPS) is 18.7. The third-order valence-electron chi connectivity index (χ3n) is 5.63. The molecular formula is C22H31N5O8. The number of hydrogen-bond acceptors (Lipinski definition) is 8. The van der Waals surface area contributed by atoms with Crippen LogP contribution >= 0.6 is 0 Å². The molecule has 35 heavy (non-hydrogen) atoms. The van der Waals surface area contributed by atoms with E-state index in [0.717, 1.165) is 0 Å². The van der Waals surface area contributed by atoms with Crippen molar-refractivity contribution < 1.29 is 39.3 Å².